The summed E-state index contributed by atoms with van der Waals surface area (Å²) >= 11 is 1.85. The molecule has 0 N–H and O–H groups in total. The molecule has 36 heavy (non-hydrogen) atoms. The Morgan fingerprint density at radius 3 is 2.03 bits per heavy atom. The normalized spacial score (nSPS) is 16.2. The number of fused-ring (bicyclic) bond motifs is 1. The Balaban J connectivity index is 1.29. The maximum absolute atomic E-state index is 13.6. The lowest BCUT2D eigenvalue weighted by Gasteiger charge is -2.31. The van der Waals surface area contributed by atoms with Crippen LogP contribution in [0.25, 0.3) is 5.57 Å². The number of carbonyl (C=O) groups is 1. The van der Waals surface area contributed by atoms with Gasteiger partial charge in [-0.25, -0.2) is 8.78 Å². The largest absolute Gasteiger partial charge is 0.337 e. The Morgan fingerprint density at radius 2 is 1.47 bits per heavy atom. The lowest BCUT2D eigenvalue weighted by molar-refractivity contribution is -0.129. The number of aryl methyl sites for hydroxylation is 1. The standard InChI is InChI=1S/C30H32F2N2OS/c1-20-27(28-14-18-34(21(2)35)19-29(28)36-20)13-17-33-15-11-24(12-16-33)30(22-3-7-25(31)8-4-22)23-5-9-26(32)10-6-23/h3-10H,11-19H2,1-2H3. The number of halogens is 2. The van der Waals surface area contributed by atoms with Crippen molar-refractivity contribution in [3.8, 4) is 0 Å². The van der Waals surface area contributed by atoms with Gasteiger partial charge in [-0.15, -0.1) is 11.3 Å². The molecule has 2 aromatic carbocycles. The van der Waals surface area contributed by atoms with Gasteiger partial charge in [-0.1, -0.05) is 29.8 Å². The van der Waals surface area contributed by atoms with Crippen molar-refractivity contribution in [1.82, 2.24) is 9.80 Å². The van der Waals surface area contributed by atoms with Crippen molar-refractivity contribution in [2.45, 2.75) is 46.1 Å². The zero-order chi connectivity index (χ0) is 25.2. The lowest BCUT2D eigenvalue weighted by atomic mass is 9.88. The van der Waals surface area contributed by atoms with Crippen LogP contribution in [0.1, 0.15) is 51.8 Å². The molecular weight excluding hydrogens is 474 g/mol. The van der Waals surface area contributed by atoms with Crippen LogP contribution >= 0.6 is 11.3 Å². The van der Waals surface area contributed by atoms with Crippen LogP contribution in [-0.4, -0.2) is 41.9 Å². The van der Waals surface area contributed by atoms with E-state index in [0.717, 1.165) is 75.1 Å². The average Bonchev–Trinajstić information content (AvgIpc) is 3.20. The first-order valence-corrected chi connectivity index (χ1v) is 13.5. The smallest absolute Gasteiger partial charge is 0.219 e. The van der Waals surface area contributed by atoms with Crippen LogP contribution in [0, 0.1) is 18.6 Å². The van der Waals surface area contributed by atoms with E-state index in [0.29, 0.717) is 0 Å². The minimum absolute atomic E-state index is 0.158. The van der Waals surface area contributed by atoms with Crippen molar-refractivity contribution >= 4 is 22.8 Å². The first-order chi connectivity index (χ1) is 17.4. The monoisotopic (exact) mass is 506 g/mol. The van der Waals surface area contributed by atoms with Crippen LogP contribution in [-0.2, 0) is 24.2 Å². The second-order valence-corrected chi connectivity index (χ2v) is 11.1. The third-order valence-corrected chi connectivity index (χ3v) is 8.75. The fourth-order valence-electron chi connectivity index (χ4n) is 5.58. The molecule has 6 heteroatoms. The van der Waals surface area contributed by atoms with Gasteiger partial charge < -0.3 is 9.80 Å². The molecule has 0 saturated carbocycles. The first-order valence-electron chi connectivity index (χ1n) is 12.7. The van der Waals surface area contributed by atoms with E-state index in [4.69, 9.17) is 0 Å². The molecule has 0 bridgehead atoms. The molecule has 0 radical (unpaired) electrons. The van der Waals surface area contributed by atoms with Crippen molar-refractivity contribution in [2.24, 2.45) is 0 Å². The Labute approximate surface area is 216 Å². The van der Waals surface area contributed by atoms with E-state index < -0.39 is 0 Å². The molecule has 3 nitrogen and oxygen atoms in total. The molecule has 0 atom stereocenters. The molecule has 3 aromatic rings. The van der Waals surface area contributed by atoms with Gasteiger partial charge in [-0.3, -0.25) is 4.79 Å². The van der Waals surface area contributed by atoms with Crippen LogP contribution in [0.15, 0.2) is 54.1 Å². The first kappa shape index (κ1) is 24.8. The minimum Gasteiger partial charge on any atom is -0.337 e. The van der Waals surface area contributed by atoms with E-state index >= 15 is 0 Å². The summed E-state index contributed by atoms with van der Waals surface area (Å²) < 4.78 is 27.2. The minimum atomic E-state index is -0.253. The summed E-state index contributed by atoms with van der Waals surface area (Å²) in [6.07, 6.45) is 3.89. The summed E-state index contributed by atoms with van der Waals surface area (Å²) in [6, 6.07) is 13.3. The van der Waals surface area contributed by atoms with E-state index in [1.807, 2.05) is 40.5 Å². The van der Waals surface area contributed by atoms with E-state index in [-0.39, 0.29) is 17.5 Å². The predicted octanol–water partition coefficient (Wildman–Crippen LogP) is 6.38. The molecule has 0 spiro atoms. The fourth-order valence-corrected chi connectivity index (χ4v) is 6.86. The number of nitrogens with zero attached hydrogens (tertiary/aromatic N) is 2. The molecule has 2 aliphatic rings. The number of carbonyl (C=O) groups excluding carboxylic acids is 1. The van der Waals surface area contributed by atoms with Crippen molar-refractivity contribution in [3.05, 3.63) is 97.7 Å². The molecule has 188 valence electrons. The van der Waals surface area contributed by atoms with Crippen molar-refractivity contribution < 1.29 is 13.6 Å². The second-order valence-electron chi connectivity index (χ2n) is 9.81. The van der Waals surface area contributed by atoms with Gasteiger partial charge in [-0.2, -0.15) is 0 Å². The SMILES string of the molecule is CC(=O)N1CCc2c(sc(C)c2CCN2CCC(=C(c3ccc(F)cc3)c3ccc(F)cc3)CC2)C1. The summed E-state index contributed by atoms with van der Waals surface area (Å²) in [4.78, 5) is 19.0. The van der Waals surface area contributed by atoms with Gasteiger partial charge in [0.25, 0.3) is 0 Å². The van der Waals surface area contributed by atoms with Gasteiger partial charge in [0.1, 0.15) is 11.6 Å². The quantitative estimate of drug-likeness (QED) is 0.401. The lowest BCUT2D eigenvalue weighted by Crippen LogP contribution is -2.34. The number of amides is 1. The Bertz CT molecular complexity index is 1220. The maximum Gasteiger partial charge on any atom is 0.219 e. The van der Waals surface area contributed by atoms with E-state index in [1.54, 1.807) is 6.92 Å². The molecule has 5 rings (SSSR count). The molecule has 3 heterocycles. The molecule has 2 aliphatic heterocycles. The molecule has 1 aromatic heterocycles. The second kappa shape index (κ2) is 10.7. The Kier molecular flexibility index (Phi) is 7.35. The predicted molar refractivity (Wildman–Crippen MR) is 142 cm³/mol. The topological polar surface area (TPSA) is 23.6 Å². The van der Waals surface area contributed by atoms with Crippen molar-refractivity contribution in [1.29, 1.82) is 0 Å². The number of hydrogen-bond acceptors (Lipinski definition) is 3. The van der Waals surface area contributed by atoms with E-state index in [2.05, 4.69) is 11.8 Å². The number of thiophene rings is 1. The molecule has 1 saturated heterocycles. The highest BCUT2D eigenvalue weighted by Gasteiger charge is 2.25. The van der Waals surface area contributed by atoms with Gasteiger partial charge in [0.2, 0.25) is 5.91 Å². The van der Waals surface area contributed by atoms with Crippen LogP contribution in [0.3, 0.4) is 0 Å². The molecular formula is C30H32F2N2OS. The zero-order valence-electron chi connectivity index (χ0n) is 20.9. The van der Waals surface area contributed by atoms with Crippen LogP contribution in [0.5, 0.6) is 0 Å². The molecule has 0 unspecified atom stereocenters. The molecule has 0 aliphatic carbocycles. The van der Waals surface area contributed by atoms with E-state index in [9.17, 15) is 13.6 Å². The highest BCUT2D eigenvalue weighted by Crippen LogP contribution is 2.35. The third kappa shape index (κ3) is 5.30. The maximum atomic E-state index is 13.6. The summed E-state index contributed by atoms with van der Waals surface area (Å²) in [5.41, 5.74) is 7.36. The zero-order valence-corrected chi connectivity index (χ0v) is 21.8. The van der Waals surface area contributed by atoms with Crippen LogP contribution < -0.4 is 0 Å². The molecule has 1 fully saturated rings. The highest BCUT2D eigenvalue weighted by atomic mass is 32.1. The van der Waals surface area contributed by atoms with Crippen LogP contribution in [0.2, 0.25) is 0 Å². The number of likely N-dealkylation sites (tertiary alicyclic amines) is 1. The Morgan fingerprint density at radius 1 is 0.889 bits per heavy atom. The highest BCUT2D eigenvalue weighted by molar-refractivity contribution is 7.12. The van der Waals surface area contributed by atoms with Crippen molar-refractivity contribution in [3.63, 3.8) is 0 Å². The number of piperidine rings is 1. The summed E-state index contributed by atoms with van der Waals surface area (Å²) in [6.45, 7) is 8.42. The Hall–Kier alpha value is -2.83. The van der Waals surface area contributed by atoms with Gasteiger partial charge >= 0.3 is 0 Å². The third-order valence-electron chi connectivity index (χ3n) is 7.57. The summed E-state index contributed by atoms with van der Waals surface area (Å²) in [5.74, 6) is -0.347. The summed E-state index contributed by atoms with van der Waals surface area (Å²) in [7, 11) is 0. The average molecular weight is 507 g/mol. The number of hydrogen-bond donors (Lipinski definition) is 0. The summed E-state index contributed by atoms with van der Waals surface area (Å²) in [5, 5.41) is 0. The van der Waals surface area contributed by atoms with Gasteiger partial charge in [0.05, 0.1) is 6.54 Å². The van der Waals surface area contributed by atoms with Crippen molar-refractivity contribution in [2.75, 3.05) is 26.2 Å². The van der Waals surface area contributed by atoms with Crippen LogP contribution in [0.4, 0.5) is 8.78 Å². The number of rotatable bonds is 5. The van der Waals surface area contributed by atoms with Gasteiger partial charge in [0.15, 0.2) is 0 Å². The van der Waals surface area contributed by atoms with E-state index in [1.165, 1.54) is 50.7 Å². The van der Waals surface area contributed by atoms with Gasteiger partial charge in [-0.05, 0) is 84.7 Å². The fraction of sp³-hybridized carbons (Fsp3) is 0.367. The van der Waals surface area contributed by atoms with Gasteiger partial charge in [0, 0.05) is 42.9 Å². The number of benzene rings is 2. The molecule has 1 amide bonds.